The molecule has 0 spiro atoms. The molecule has 1 atom stereocenters. The van der Waals surface area contributed by atoms with Gasteiger partial charge < -0.3 is 10.8 Å². The van der Waals surface area contributed by atoms with Gasteiger partial charge >= 0.3 is 0 Å². The van der Waals surface area contributed by atoms with Crippen molar-refractivity contribution in [2.24, 2.45) is 5.73 Å². The molecule has 1 heterocycles. The Morgan fingerprint density at radius 3 is 2.44 bits per heavy atom. The Morgan fingerprint density at radius 1 is 1.17 bits per heavy atom. The van der Waals surface area contributed by atoms with Crippen LogP contribution in [0.1, 0.15) is 23.2 Å². The Bertz CT molecular complexity index is 537. The normalized spacial score (nSPS) is 12.4. The zero-order chi connectivity index (χ0) is 13.1. The molecule has 1 aromatic heterocycles. The van der Waals surface area contributed by atoms with Gasteiger partial charge in [-0.1, -0.05) is 29.8 Å². The quantitative estimate of drug-likeness (QED) is 0.861. The van der Waals surface area contributed by atoms with Crippen molar-refractivity contribution in [1.82, 2.24) is 9.97 Å². The molecule has 0 amide bonds. The van der Waals surface area contributed by atoms with E-state index in [9.17, 15) is 5.11 Å². The van der Waals surface area contributed by atoms with Crippen LogP contribution in [-0.4, -0.2) is 21.6 Å². The third-order valence-electron chi connectivity index (χ3n) is 2.74. The molecule has 1 unspecified atom stereocenters. The molecule has 0 saturated carbocycles. The number of benzene rings is 1. The first-order valence-corrected chi connectivity index (χ1v) is 5.91. The van der Waals surface area contributed by atoms with E-state index in [2.05, 4.69) is 9.97 Å². The fourth-order valence-electron chi connectivity index (χ4n) is 1.72. The number of aliphatic hydroxyl groups excluding tert-OH is 1. The maximum atomic E-state index is 9.72. The van der Waals surface area contributed by atoms with Gasteiger partial charge in [0.15, 0.2) is 5.82 Å². The van der Waals surface area contributed by atoms with Crippen molar-refractivity contribution in [3.8, 4) is 11.3 Å². The Kier molecular flexibility index (Phi) is 3.69. The van der Waals surface area contributed by atoms with E-state index in [4.69, 9.17) is 5.73 Å². The van der Waals surface area contributed by atoms with Crippen molar-refractivity contribution >= 4 is 0 Å². The summed E-state index contributed by atoms with van der Waals surface area (Å²) < 4.78 is 0. The van der Waals surface area contributed by atoms with Crippen molar-refractivity contribution < 1.29 is 5.11 Å². The summed E-state index contributed by atoms with van der Waals surface area (Å²) in [6.45, 7) is 4.04. The minimum absolute atomic E-state index is 0.122. The van der Waals surface area contributed by atoms with Gasteiger partial charge in [0, 0.05) is 17.8 Å². The van der Waals surface area contributed by atoms with E-state index in [1.165, 1.54) is 5.56 Å². The summed E-state index contributed by atoms with van der Waals surface area (Å²) in [5.74, 6) is 0.382. The zero-order valence-electron chi connectivity index (χ0n) is 10.6. The molecule has 18 heavy (non-hydrogen) atoms. The molecule has 0 aliphatic heterocycles. The number of aliphatic hydroxyl groups is 1. The molecule has 1 aromatic carbocycles. The Labute approximate surface area is 107 Å². The standard InChI is InChI=1S/C14H17N3O/c1-9-3-5-11(6-4-9)12-7-10(2)16-14(17-12)13(18)8-15/h3-7,13,18H,8,15H2,1-2H3. The maximum Gasteiger partial charge on any atom is 0.159 e. The minimum atomic E-state index is -0.811. The van der Waals surface area contributed by atoms with Crippen LogP contribution in [0.2, 0.25) is 0 Å². The van der Waals surface area contributed by atoms with E-state index in [-0.39, 0.29) is 6.54 Å². The van der Waals surface area contributed by atoms with Crippen molar-refractivity contribution in [3.05, 3.63) is 47.4 Å². The van der Waals surface area contributed by atoms with Gasteiger partial charge in [-0.25, -0.2) is 9.97 Å². The number of nitrogens with zero attached hydrogens (tertiary/aromatic N) is 2. The predicted molar refractivity (Wildman–Crippen MR) is 71.0 cm³/mol. The number of aromatic nitrogens is 2. The van der Waals surface area contributed by atoms with E-state index in [0.717, 1.165) is 17.0 Å². The fraction of sp³-hybridized carbons (Fsp3) is 0.286. The van der Waals surface area contributed by atoms with Crippen LogP contribution in [-0.2, 0) is 0 Å². The molecule has 2 aromatic rings. The second-order valence-electron chi connectivity index (χ2n) is 4.37. The number of hydrogen-bond donors (Lipinski definition) is 2. The number of hydrogen-bond acceptors (Lipinski definition) is 4. The van der Waals surface area contributed by atoms with Crippen LogP contribution in [0.4, 0.5) is 0 Å². The maximum absolute atomic E-state index is 9.72. The van der Waals surface area contributed by atoms with E-state index in [0.29, 0.717) is 5.82 Å². The lowest BCUT2D eigenvalue weighted by atomic mass is 10.1. The third kappa shape index (κ3) is 2.72. The highest BCUT2D eigenvalue weighted by atomic mass is 16.3. The topological polar surface area (TPSA) is 72.0 Å². The fourth-order valence-corrected chi connectivity index (χ4v) is 1.72. The van der Waals surface area contributed by atoms with Crippen LogP contribution in [0.5, 0.6) is 0 Å². The summed E-state index contributed by atoms with van der Waals surface area (Å²) in [6.07, 6.45) is -0.811. The van der Waals surface area contributed by atoms with Gasteiger partial charge in [0.25, 0.3) is 0 Å². The lowest BCUT2D eigenvalue weighted by Gasteiger charge is -2.10. The first kappa shape index (κ1) is 12.7. The van der Waals surface area contributed by atoms with Crippen molar-refractivity contribution in [3.63, 3.8) is 0 Å². The Morgan fingerprint density at radius 2 is 1.83 bits per heavy atom. The van der Waals surface area contributed by atoms with Gasteiger partial charge in [-0.05, 0) is 19.9 Å². The average molecular weight is 243 g/mol. The van der Waals surface area contributed by atoms with Gasteiger partial charge in [0.2, 0.25) is 0 Å². The highest BCUT2D eigenvalue weighted by molar-refractivity contribution is 5.59. The summed E-state index contributed by atoms with van der Waals surface area (Å²) >= 11 is 0. The SMILES string of the molecule is Cc1ccc(-c2cc(C)nc(C(O)CN)n2)cc1. The van der Waals surface area contributed by atoms with Crippen LogP contribution in [0.15, 0.2) is 30.3 Å². The van der Waals surface area contributed by atoms with E-state index >= 15 is 0 Å². The monoisotopic (exact) mass is 243 g/mol. The van der Waals surface area contributed by atoms with Gasteiger partial charge in [-0.2, -0.15) is 0 Å². The lowest BCUT2D eigenvalue weighted by molar-refractivity contribution is 0.176. The summed E-state index contributed by atoms with van der Waals surface area (Å²) in [5, 5.41) is 9.72. The van der Waals surface area contributed by atoms with Gasteiger partial charge in [-0.15, -0.1) is 0 Å². The highest BCUT2D eigenvalue weighted by Gasteiger charge is 2.11. The van der Waals surface area contributed by atoms with E-state index in [1.54, 1.807) is 0 Å². The second-order valence-corrected chi connectivity index (χ2v) is 4.37. The Balaban J connectivity index is 2.44. The van der Waals surface area contributed by atoms with Gasteiger partial charge in [-0.3, -0.25) is 0 Å². The van der Waals surface area contributed by atoms with E-state index < -0.39 is 6.10 Å². The van der Waals surface area contributed by atoms with Crippen LogP contribution >= 0.6 is 0 Å². The second kappa shape index (κ2) is 5.25. The molecule has 0 radical (unpaired) electrons. The number of rotatable bonds is 3. The van der Waals surface area contributed by atoms with Crippen LogP contribution in [0, 0.1) is 13.8 Å². The molecular weight excluding hydrogens is 226 g/mol. The third-order valence-corrected chi connectivity index (χ3v) is 2.74. The Hall–Kier alpha value is -1.78. The molecule has 3 N–H and O–H groups in total. The number of nitrogens with two attached hydrogens (primary N) is 1. The van der Waals surface area contributed by atoms with Gasteiger partial charge in [0.1, 0.15) is 6.10 Å². The first-order chi connectivity index (χ1) is 8.60. The molecule has 0 fully saturated rings. The molecule has 0 aliphatic carbocycles. The molecule has 0 bridgehead atoms. The smallest absolute Gasteiger partial charge is 0.159 e. The zero-order valence-corrected chi connectivity index (χ0v) is 10.6. The summed E-state index contributed by atoms with van der Waals surface area (Å²) in [4.78, 5) is 8.57. The summed E-state index contributed by atoms with van der Waals surface area (Å²) in [6, 6.07) is 9.99. The van der Waals surface area contributed by atoms with Crippen molar-refractivity contribution in [2.75, 3.05) is 6.54 Å². The minimum Gasteiger partial charge on any atom is -0.384 e. The summed E-state index contributed by atoms with van der Waals surface area (Å²) in [7, 11) is 0. The molecule has 0 saturated heterocycles. The molecule has 2 rings (SSSR count). The van der Waals surface area contributed by atoms with Crippen LogP contribution in [0.25, 0.3) is 11.3 Å². The average Bonchev–Trinajstić information content (AvgIpc) is 2.38. The van der Waals surface area contributed by atoms with Crippen molar-refractivity contribution in [1.29, 1.82) is 0 Å². The van der Waals surface area contributed by atoms with E-state index in [1.807, 2.05) is 44.2 Å². The first-order valence-electron chi connectivity index (χ1n) is 5.91. The lowest BCUT2D eigenvalue weighted by Crippen LogP contribution is -2.15. The predicted octanol–water partition coefficient (Wildman–Crippen LogP) is 1.75. The van der Waals surface area contributed by atoms with Crippen LogP contribution in [0.3, 0.4) is 0 Å². The molecule has 0 aliphatic rings. The van der Waals surface area contributed by atoms with Crippen LogP contribution < -0.4 is 5.73 Å². The van der Waals surface area contributed by atoms with Crippen molar-refractivity contribution in [2.45, 2.75) is 20.0 Å². The highest BCUT2D eigenvalue weighted by Crippen LogP contribution is 2.20. The molecule has 4 nitrogen and oxygen atoms in total. The van der Waals surface area contributed by atoms with Gasteiger partial charge in [0.05, 0.1) is 5.69 Å². The summed E-state index contributed by atoms with van der Waals surface area (Å²) in [5.41, 5.74) is 9.28. The molecule has 4 heteroatoms. The molecular formula is C14H17N3O. The molecule has 94 valence electrons. The number of aryl methyl sites for hydroxylation is 2. The largest absolute Gasteiger partial charge is 0.384 e.